The fourth-order valence-electron chi connectivity index (χ4n) is 3.99. The molecule has 0 aliphatic carbocycles. The van der Waals surface area contributed by atoms with Gasteiger partial charge in [-0.3, -0.25) is 0 Å². The first-order valence-corrected chi connectivity index (χ1v) is 11.5. The van der Waals surface area contributed by atoms with Crippen molar-refractivity contribution in [3.63, 3.8) is 0 Å². The summed E-state index contributed by atoms with van der Waals surface area (Å²) in [5.74, 6) is 0. The molecule has 0 unspecified atom stereocenters. The molecule has 0 aliphatic heterocycles. The van der Waals surface area contributed by atoms with E-state index in [-0.39, 0.29) is 7.92 Å². The highest BCUT2D eigenvalue weighted by Gasteiger charge is 2.15. The van der Waals surface area contributed by atoms with Gasteiger partial charge in [-0.25, -0.2) is 0 Å². The zero-order valence-corrected chi connectivity index (χ0v) is 18.2. The third-order valence-corrected chi connectivity index (χ3v) is 8.71. The maximum atomic E-state index is 2.31. The Bertz CT molecular complexity index is 826. The maximum absolute atomic E-state index is 2.31. The molecule has 27 heavy (non-hydrogen) atoms. The third kappa shape index (κ3) is 4.33. The summed E-state index contributed by atoms with van der Waals surface area (Å²) < 4.78 is 0. The van der Waals surface area contributed by atoms with Crippen molar-refractivity contribution in [2.24, 2.45) is 0 Å². The summed E-state index contributed by atoms with van der Waals surface area (Å²) in [5.41, 5.74) is 8.98. The van der Waals surface area contributed by atoms with Crippen LogP contribution in [0.4, 0.5) is 0 Å². The van der Waals surface area contributed by atoms with E-state index in [2.05, 4.69) is 95.3 Å². The Kier molecular flexibility index (Phi) is 6.51. The molecular weight excluding hydrogens is 343 g/mol. The first kappa shape index (κ1) is 19.8. The van der Waals surface area contributed by atoms with E-state index in [0.29, 0.717) is 0 Å². The molecule has 0 saturated heterocycles. The average Bonchev–Trinajstić information content (AvgIpc) is 2.71. The van der Waals surface area contributed by atoms with Gasteiger partial charge in [-0.15, -0.1) is 0 Å². The first-order valence-electron chi connectivity index (χ1n) is 9.94. The summed E-state index contributed by atoms with van der Waals surface area (Å²) in [6.07, 6.45) is 3.66. The van der Waals surface area contributed by atoms with Crippen LogP contribution in [0.2, 0.25) is 0 Å². The Morgan fingerprint density at radius 3 is 1.41 bits per heavy atom. The lowest BCUT2D eigenvalue weighted by Crippen LogP contribution is -2.14. The van der Waals surface area contributed by atoms with Crippen LogP contribution in [0.3, 0.4) is 0 Å². The van der Waals surface area contributed by atoms with Crippen LogP contribution >= 0.6 is 7.92 Å². The predicted molar refractivity (Wildman–Crippen MR) is 122 cm³/mol. The lowest BCUT2D eigenvalue weighted by atomic mass is 9.88. The van der Waals surface area contributed by atoms with Crippen LogP contribution in [0.5, 0.6) is 0 Å². The van der Waals surface area contributed by atoms with E-state index < -0.39 is 0 Å². The second-order valence-corrected chi connectivity index (χ2v) is 9.87. The lowest BCUT2D eigenvalue weighted by molar-refractivity contribution is 0.900. The molecule has 0 radical (unpaired) electrons. The number of hydrogen-bond donors (Lipinski definition) is 0. The molecule has 0 bridgehead atoms. The van der Waals surface area contributed by atoms with Gasteiger partial charge in [0.05, 0.1) is 0 Å². The molecule has 0 heterocycles. The van der Waals surface area contributed by atoms with Crippen LogP contribution in [0.15, 0.2) is 60.7 Å². The van der Waals surface area contributed by atoms with Gasteiger partial charge in [-0.05, 0) is 106 Å². The molecule has 0 aromatic heterocycles. The van der Waals surface area contributed by atoms with Gasteiger partial charge in [-0.2, -0.15) is 0 Å². The van der Waals surface area contributed by atoms with Gasteiger partial charge >= 0.3 is 0 Å². The summed E-state index contributed by atoms with van der Waals surface area (Å²) in [4.78, 5) is 0. The highest BCUT2D eigenvalue weighted by Crippen LogP contribution is 2.35. The monoisotopic (exact) mass is 374 g/mol. The molecule has 0 N–H and O–H groups in total. The third-order valence-electron chi connectivity index (χ3n) is 6.10. The molecule has 0 amide bonds. The van der Waals surface area contributed by atoms with Crippen LogP contribution in [0.1, 0.15) is 39.8 Å². The van der Waals surface area contributed by atoms with Gasteiger partial charge in [0.15, 0.2) is 0 Å². The minimum Gasteiger partial charge on any atom is -0.0622 e. The molecule has 0 fully saturated rings. The second-order valence-electron chi connectivity index (χ2n) is 7.53. The van der Waals surface area contributed by atoms with Crippen molar-refractivity contribution in [2.75, 3.05) is 6.16 Å². The topological polar surface area (TPSA) is 0 Å². The predicted octanol–water partition coefficient (Wildman–Crippen LogP) is 6.29. The van der Waals surface area contributed by atoms with E-state index in [9.17, 15) is 0 Å². The minimum absolute atomic E-state index is 0.288. The summed E-state index contributed by atoms with van der Waals surface area (Å²) in [7, 11) is -0.288. The Labute approximate surface area is 166 Å². The fourth-order valence-corrected chi connectivity index (χ4v) is 6.34. The normalized spacial score (nSPS) is 11.2. The largest absolute Gasteiger partial charge is 0.0622 e. The smallest absolute Gasteiger partial charge is 0.0195 e. The zero-order valence-electron chi connectivity index (χ0n) is 17.3. The fraction of sp³-hybridized carbons (Fsp3) is 0.308. The van der Waals surface area contributed by atoms with Gasteiger partial charge in [0.25, 0.3) is 0 Å². The molecule has 3 aromatic rings. The summed E-state index contributed by atoms with van der Waals surface area (Å²) in [5, 5.41) is 2.98. The van der Waals surface area contributed by atoms with E-state index in [1.165, 1.54) is 57.4 Å². The highest BCUT2D eigenvalue weighted by molar-refractivity contribution is 7.73. The zero-order chi connectivity index (χ0) is 19.4. The van der Waals surface area contributed by atoms with E-state index in [4.69, 9.17) is 0 Å². The average molecular weight is 375 g/mol. The van der Waals surface area contributed by atoms with Gasteiger partial charge in [0.2, 0.25) is 0 Å². The van der Waals surface area contributed by atoms with E-state index in [1.54, 1.807) is 5.56 Å². The number of benzene rings is 3. The SMILES string of the molecule is Cc1c(C)c(C)c(CCCP(c2ccccc2)c2ccccc2)c(C)c1C. The molecular formula is C26H31P. The van der Waals surface area contributed by atoms with Gasteiger partial charge < -0.3 is 0 Å². The molecule has 3 rings (SSSR count). The van der Waals surface area contributed by atoms with Crippen LogP contribution < -0.4 is 10.6 Å². The van der Waals surface area contributed by atoms with Crippen LogP contribution in [-0.2, 0) is 6.42 Å². The van der Waals surface area contributed by atoms with Gasteiger partial charge in [0, 0.05) is 0 Å². The number of rotatable bonds is 6. The molecule has 1 heteroatoms. The Hall–Kier alpha value is -1.91. The van der Waals surface area contributed by atoms with E-state index >= 15 is 0 Å². The van der Waals surface area contributed by atoms with Gasteiger partial charge in [-0.1, -0.05) is 60.7 Å². The maximum Gasteiger partial charge on any atom is -0.0195 e. The van der Waals surface area contributed by atoms with E-state index in [0.717, 1.165) is 0 Å². The molecule has 0 aliphatic rings. The Morgan fingerprint density at radius 1 is 0.556 bits per heavy atom. The molecule has 0 nitrogen and oxygen atoms in total. The van der Waals surface area contributed by atoms with Crippen molar-refractivity contribution in [2.45, 2.75) is 47.5 Å². The molecule has 0 spiro atoms. The Morgan fingerprint density at radius 2 is 0.963 bits per heavy atom. The van der Waals surface area contributed by atoms with Crippen molar-refractivity contribution in [3.05, 3.63) is 94.0 Å². The quantitative estimate of drug-likeness (QED) is 0.445. The lowest BCUT2D eigenvalue weighted by Gasteiger charge is -2.21. The first-order chi connectivity index (χ1) is 13.0. The van der Waals surface area contributed by atoms with Crippen LogP contribution in [0, 0.1) is 34.6 Å². The van der Waals surface area contributed by atoms with Crippen LogP contribution in [-0.4, -0.2) is 6.16 Å². The second kappa shape index (κ2) is 8.85. The number of hydrogen-bond acceptors (Lipinski definition) is 0. The molecule has 0 atom stereocenters. The van der Waals surface area contributed by atoms with Crippen LogP contribution in [0.25, 0.3) is 0 Å². The standard InChI is InChI=1S/C26H31P/c1-19-20(2)22(4)26(23(5)21(19)3)17-12-18-27(24-13-8-6-9-14-24)25-15-10-7-11-16-25/h6-11,13-16H,12,17-18H2,1-5H3. The molecule has 0 saturated carbocycles. The van der Waals surface area contributed by atoms with Gasteiger partial charge in [0.1, 0.15) is 0 Å². The van der Waals surface area contributed by atoms with Crippen molar-refractivity contribution >= 4 is 18.5 Å². The van der Waals surface area contributed by atoms with Crippen molar-refractivity contribution in [3.8, 4) is 0 Å². The highest BCUT2D eigenvalue weighted by atomic mass is 31.1. The molecule has 140 valence electrons. The summed E-state index contributed by atoms with van der Waals surface area (Å²) in [6, 6.07) is 22.1. The van der Waals surface area contributed by atoms with Crippen molar-refractivity contribution in [1.29, 1.82) is 0 Å². The van der Waals surface area contributed by atoms with Crippen molar-refractivity contribution < 1.29 is 0 Å². The molecule has 3 aromatic carbocycles. The van der Waals surface area contributed by atoms with Crippen molar-refractivity contribution in [1.82, 2.24) is 0 Å². The minimum atomic E-state index is -0.288. The Balaban J connectivity index is 1.82. The van der Waals surface area contributed by atoms with E-state index in [1.807, 2.05) is 0 Å². The summed E-state index contributed by atoms with van der Waals surface area (Å²) >= 11 is 0. The summed E-state index contributed by atoms with van der Waals surface area (Å²) in [6.45, 7) is 11.4.